The molecule has 178 valence electrons. The Labute approximate surface area is 191 Å². The SMILES string of the molecule is CCOC(=O)[C@H](Cc1ccccc1)N(CC/C=C/C(=O)OC(C)(C)C)C(=O)OC(C)(C)C. The predicted octanol–water partition coefficient (Wildman–Crippen LogP) is 4.69. The molecule has 1 atom stereocenters. The first kappa shape index (κ1) is 27.2. The molecule has 1 aromatic carbocycles. The number of hydrogen-bond acceptors (Lipinski definition) is 6. The molecule has 7 nitrogen and oxygen atoms in total. The molecule has 1 rings (SSSR count). The van der Waals surface area contributed by atoms with E-state index in [1.807, 2.05) is 30.3 Å². The summed E-state index contributed by atoms with van der Waals surface area (Å²) in [6, 6.07) is 8.56. The smallest absolute Gasteiger partial charge is 0.411 e. The fourth-order valence-corrected chi connectivity index (χ4v) is 2.82. The first-order valence-electron chi connectivity index (χ1n) is 10.9. The topological polar surface area (TPSA) is 82.1 Å². The van der Waals surface area contributed by atoms with Crippen LogP contribution in [0.15, 0.2) is 42.5 Å². The van der Waals surface area contributed by atoms with Crippen molar-refractivity contribution in [1.82, 2.24) is 4.90 Å². The van der Waals surface area contributed by atoms with Crippen molar-refractivity contribution in [2.24, 2.45) is 0 Å². The Hall–Kier alpha value is -2.83. The van der Waals surface area contributed by atoms with Crippen LogP contribution in [-0.2, 0) is 30.2 Å². The Kier molecular flexibility index (Phi) is 10.4. The van der Waals surface area contributed by atoms with Crippen LogP contribution in [0.5, 0.6) is 0 Å². The van der Waals surface area contributed by atoms with Gasteiger partial charge in [-0.1, -0.05) is 36.4 Å². The summed E-state index contributed by atoms with van der Waals surface area (Å²) in [5.41, 5.74) is -0.425. The second kappa shape index (κ2) is 12.3. The monoisotopic (exact) mass is 447 g/mol. The summed E-state index contributed by atoms with van der Waals surface area (Å²) in [7, 11) is 0. The molecule has 0 aromatic heterocycles. The lowest BCUT2D eigenvalue weighted by atomic mass is 10.0. The fraction of sp³-hybridized carbons (Fsp3) is 0.560. The number of benzene rings is 1. The van der Waals surface area contributed by atoms with Crippen molar-refractivity contribution in [1.29, 1.82) is 0 Å². The van der Waals surface area contributed by atoms with Gasteiger partial charge in [0.25, 0.3) is 0 Å². The molecule has 0 bridgehead atoms. The highest BCUT2D eigenvalue weighted by Gasteiger charge is 2.33. The molecule has 7 heteroatoms. The van der Waals surface area contributed by atoms with Crippen LogP contribution in [0.2, 0.25) is 0 Å². The van der Waals surface area contributed by atoms with Crippen molar-refractivity contribution in [3.63, 3.8) is 0 Å². The third-order valence-electron chi connectivity index (χ3n) is 4.03. The van der Waals surface area contributed by atoms with E-state index >= 15 is 0 Å². The largest absolute Gasteiger partial charge is 0.464 e. The summed E-state index contributed by atoms with van der Waals surface area (Å²) in [6.45, 7) is 12.8. The molecule has 0 unspecified atom stereocenters. The van der Waals surface area contributed by atoms with E-state index in [9.17, 15) is 14.4 Å². The summed E-state index contributed by atoms with van der Waals surface area (Å²) in [6.07, 6.45) is 2.96. The third kappa shape index (κ3) is 11.0. The number of carbonyl (C=O) groups excluding carboxylic acids is 3. The van der Waals surface area contributed by atoms with Crippen LogP contribution >= 0.6 is 0 Å². The zero-order valence-electron chi connectivity index (χ0n) is 20.3. The van der Waals surface area contributed by atoms with Gasteiger partial charge in [0.05, 0.1) is 6.61 Å². The van der Waals surface area contributed by atoms with Gasteiger partial charge in [-0.3, -0.25) is 4.90 Å². The minimum atomic E-state index is -0.859. The Bertz CT molecular complexity index is 774. The lowest BCUT2D eigenvalue weighted by Gasteiger charge is -2.32. The maximum atomic E-state index is 13.0. The highest BCUT2D eigenvalue weighted by Crippen LogP contribution is 2.17. The molecule has 0 aliphatic rings. The first-order valence-corrected chi connectivity index (χ1v) is 10.9. The van der Waals surface area contributed by atoms with Crippen molar-refractivity contribution >= 4 is 18.0 Å². The first-order chi connectivity index (χ1) is 14.8. The number of carbonyl (C=O) groups is 3. The van der Waals surface area contributed by atoms with Crippen molar-refractivity contribution in [2.45, 2.75) is 78.6 Å². The van der Waals surface area contributed by atoms with E-state index in [0.29, 0.717) is 6.42 Å². The number of ether oxygens (including phenoxy) is 3. The molecule has 32 heavy (non-hydrogen) atoms. The number of nitrogens with zero attached hydrogens (tertiary/aromatic N) is 1. The second-order valence-corrected chi connectivity index (χ2v) is 9.36. The number of amides is 1. The Morgan fingerprint density at radius 1 is 0.969 bits per heavy atom. The summed E-state index contributed by atoms with van der Waals surface area (Å²) < 4.78 is 16.1. The van der Waals surface area contributed by atoms with Gasteiger partial charge < -0.3 is 14.2 Å². The van der Waals surface area contributed by atoms with Crippen molar-refractivity contribution in [3.8, 4) is 0 Å². The molecule has 1 amide bonds. The molecule has 0 aliphatic heterocycles. The van der Waals surface area contributed by atoms with Crippen LogP contribution in [0.1, 0.15) is 60.5 Å². The highest BCUT2D eigenvalue weighted by atomic mass is 16.6. The molecule has 0 aliphatic carbocycles. The van der Waals surface area contributed by atoms with Gasteiger partial charge in [-0.25, -0.2) is 14.4 Å². The van der Waals surface area contributed by atoms with Crippen LogP contribution in [0.25, 0.3) is 0 Å². The Morgan fingerprint density at radius 3 is 2.09 bits per heavy atom. The average molecular weight is 448 g/mol. The van der Waals surface area contributed by atoms with Crippen molar-refractivity contribution in [3.05, 3.63) is 48.0 Å². The van der Waals surface area contributed by atoms with E-state index in [0.717, 1.165) is 5.56 Å². The van der Waals surface area contributed by atoms with Gasteiger partial charge in [0, 0.05) is 19.0 Å². The van der Waals surface area contributed by atoms with Gasteiger partial charge in [-0.05, 0) is 60.5 Å². The molecule has 0 heterocycles. The summed E-state index contributed by atoms with van der Waals surface area (Å²) in [5.74, 6) is -0.967. The Balaban J connectivity index is 3.07. The molecule has 0 radical (unpaired) electrons. The number of esters is 2. The van der Waals surface area contributed by atoms with Gasteiger partial charge >= 0.3 is 18.0 Å². The van der Waals surface area contributed by atoms with Gasteiger partial charge in [0.15, 0.2) is 0 Å². The zero-order chi connectivity index (χ0) is 24.4. The predicted molar refractivity (Wildman–Crippen MR) is 123 cm³/mol. The van der Waals surface area contributed by atoms with Gasteiger partial charge in [0.2, 0.25) is 0 Å². The highest BCUT2D eigenvalue weighted by molar-refractivity contribution is 5.83. The van der Waals surface area contributed by atoms with Gasteiger partial charge in [-0.2, -0.15) is 0 Å². The minimum Gasteiger partial charge on any atom is -0.464 e. The second-order valence-electron chi connectivity index (χ2n) is 9.36. The van der Waals surface area contributed by atoms with E-state index in [1.165, 1.54) is 11.0 Å². The standard InChI is InChI=1S/C25H37NO6/c1-8-30-22(28)20(18-19-14-10-9-11-15-19)26(23(29)32-25(5,6)7)17-13-12-16-21(27)31-24(2,3)4/h9-12,14-16,20H,8,13,17-18H2,1-7H3/b16-12+/t20-/m0/s1. The molecule has 0 saturated carbocycles. The molecule has 0 saturated heterocycles. The maximum Gasteiger partial charge on any atom is 0.411 e. The van der Waals surface area contributed by atoms with Gasteiger partial charge in [-0.15, -0.1) is 0 Å². The normalized spacial score (nSPS) is 12.8. The van der Waals surface area contributed by atoms with Crippen LogP contribution in [0, 0.1) is 0 Å². The molecular formula is C25H37NO6. The van der Waals surface area contributed by atoms with E-state index in [-0.39, 0.29) is 19.6 Å². The zero-order valence-corrected chi connectivity index (χ0v) is 20.3. The summed E-state index contributed by atoms with van der Waals surface area (Å²) in [5, 5.41) is 0. The quantitative estimate of drug-likeness (QED) is 0.310. The Morgan fingerprint density at radius 2 is 1.56 bits per heavy atom. The summed E-state index contributed by atoms with van der Waals surface area (Å²) in [4.78, 5) is 39.1. The molecule has 0 spiro atoms. The lowest BCUT2D eigenvalue weighted by molar-refractivity contribution is -0.150. The van der Waals surface area contributed by atoms with Crippen LogP contribution < -0.4 is 0 Å². The van der Waals surface area contributed by atoms with Gasteiger partial charge in [0.1, 0.15) is 17.2 Å². The average Bonchev–Trinajstić information content (AvgIpc) is 2.64. The summed E-state index contributed by atoms with van der Waals surface area (Å²) >= 11 is 0. The van der Waals surface area contributed by atoms with Crippen LogP contribution in [0.4, 0.5) is 4.79 Å². The number of rotatable bonds is 9. The fourth-order valence-electron chi connectivity index (χ4n) is 2.82. The molecule has 1 aromatic rings. The van der Waals surface area contributed by atoms with Crippen LogP contribution in [-0.4, -0.2) is 53.3 Å². The maximum absolute atomic E-state index is 13.0. The van der Waals surface area contributed by atoms with E-state index < -0.39 is 35.3 Å². The van der Waals surface area contributed by atoms with Crippen molar-refractivity contribution in [2.75, 3.05) is 13.2 Å². The number of hydrogen-bond donors (Lipinski definition) is 0. The van der Waals surface area contributed by atoms with Crippen LogP contribution in [0.3, 0.4) is 0 Å². The molecule has 0 N–H and O–H groups in total. The van der Waals surface area contributed by atoms with E-state index in [2.05, 4.69) is 0 Å². The molecule has 0 fully saturated rings. The minimum absolute atomic E-state index is 0.171. The molecular weight excluding hydrogens is 410 g/mol. The third-order valence-corrected chi connectivity index (χ3v) is 4.03. The van der Waals surface area contributed by atoms with E-state index in [4.69, 9.17) is 14.2 Å². The van der Waals surface area contributed by atoms with Crippen molar-refractivity contribution < 1.29 is 28.6 Å². The lowest BCUT2D eigenvalue weighted by Crippen LogP contribution is -2.49. The van der Waals surface area contributed by atoms with E-state index in [1.54, 1.807) is 54.5 Å².